The first-order chi connectivity index (χ1) is 8.64. The van der Waals surface area contributed by atoms with Crippen molar-refractivity contribution in [2.45, 2.75) is 10.5 Å². The minimum atomic E-state index is -0.975. The zero-order chi connectivity index (χ0) is 12.8. The lowest BCUT2D eigenvalue weighted by Crippen LogP contribution is -2.15. The average molecular weight is 285 g/mol. The van der Waals surface area contributed by atoms with Crippen molar-refractivity contribution in [2.75, 3.05) is 12.1 Å². The molecule has 0 aliphatic carbocycles. The van der Waals surface area contributed by atoms with Crippen molar-refractivity contribution in [1.82, 2.24) is 14.9 Å². The van der Waals surface area contributed by atoms with Gasteiger partial charge in [0.1, 0.15) is 24.4 Å². The molecule has 18 heavy (non-hydrogen) atoms. The molecule has 0 N–H and O–H groups in total. The molecule has 0 unspecified atom stereocenters. The summed E-state index contributed by atoms with van der Waals surface area (Å²) in [5.74, 6) is 0.796. The lowest BCUT2D eigenvalue weighted by molar-refractivity contribution is 0.414. The second-order valence-electron chi connectivity index (χ2n) is 3.95. The summed E-state index contributed by atoms with van der Waals surface area (Å²) < 4.78 is 5.82. The normalized spacial score (nSPS) is 20.8. The van der Waals surface area contributed by atoms with Gasteiger partial charge in [-0.1, -0.05) is 35.3 Å². The molecule has 0 saturated carbocycles. The maximum absolute atomic E-state index is 6.26. The van der Waals surface area contributed by atoms with E-state index in [0.717, 1.165) is 11.3 Å². The smallest absolute Gasteiger partial charge is 0.230 e. The highest BCUT2D eigenvalue weighted by Gasteiger charge is 2.63. The quantitative estimate of drug-likeness (QED) is 0.492. The third-order valence-electron chi connectivity index (χ3n) is 2.90. The van der Waals surface area contributed by atoms with Crippen LogP contribution in [0.15, 0.2) is 36.9 Å². The third kappa shape index (κ3) is 1.71. The second-order valence-corrected chi connectivity index (χ2v) is 5.30. The molecule has 1 aliphatic rings. The fourth-order valence-corrected chi connectivity index (χ4v) is 2.66. The lowest BCUT2D eigenvalue weighted by atomic mass is 10.1. The van der Waals surface area contributed by atoms with Gasteiger partial charge in [0, 0.05) is 0 Å². The third-order valence-corrected chi connectivity index (χ3v) is 3.66. The molecular weight excluding hydrogens is 275 g/mol. The van der Waals surface area contributed by atoms with Crippen molar-refractivity contribution >= 4 is 23.2 Å². The summed E-state index contributed by atoms with van der Waals surface area (Å²) in [7, 11) is 1.63. The summed E-state index contributed by atoms with van der Waals surface area (Å²) in [6.07, 6.45) is 3.12. The number of alkyl halides is 2. The second kappa shape index (κ2) is 4.03. The molecule has 1 atom stereocenters. The van der Waals surface area contributed by atoms with Crippen molar-refractivity contribution in [2.24, 2.45) is 0 Å². The van der Waals surface area contributed by atoms with Crippen molar-refractivity contribution in [3.63, 3.8) is 0 Å². The summed E-state index contributed by atoms with van der Waals surface area (Å²) in [6.45, 7) is 0. The lowest BCUT2D eigenvalue weighted by Gasteiger charge is -2.05. The SMILES string of the molecule is COc1ccc([C@@H]2N(n3cnnc3)C2(Cl)Cl)cc1. The molecule has 2 heterocycles. The highest BCUT2D eigenvalue weighted by molar-refractivity contribution is 6.52. The monoisotopic (exact) mass is 284 g/mol. The molecule has 1 saturated heterocycles. The fraction of sp³-hybridized carbons (Fsp3) is 0.273. The minimum Gasteiger partial charge on any atom is -0.497 e. The number of halogens is 2. The van der Waals surface area contributed by atoms with Crippen LogP contribution in [0.2, 0.25) is 0 Å². The van der Waals surface area contributed by atoms with Gasteiger partial charge in [-0.25, -0.2) is 4.68 Å². The molecule has 3 rings (SSSR count). The summed E-state index contributed by atoms with van der Waals surface area (Å²) in [5.41, 5.74) is 1.01. The number of rotatable bonds is 3. The maximum atomic E-state index is 6.26. The molecule has 94 valence electrons. The predicted octanol–water partition coefficient (Wildman–Crippen LogP) is 2.11. The molecule has 0 amide bonds. The summed E-state index contributed by atoms with van der Waals surface area (Å²) in [5, 5.41) is 9.25. The number of nitrogens with zero attached hydrogens (tertiary/aromatic N) is 4. The first-order valence-electron chi connectivity index (χ1n) is 5.30. The molecule has 0 bridgehead atoms. The van der Waals surface area contributed by atoms with E-state index in [1.54, 1.807) is 29.4 Å². The number of benzene rings is 1. The largest absolute Gasteiger partial charge is 0.497 e. The Labute approximate surface area is 114 Å². The van der Waals surface area contributed by atoms with E-state index in [4.69, 9.17) is 27.9 Å². The Morgan fingerprint density at radius 2 is 1.78 bits per heavy atom. The minimum absolute atomic E-state index is 0.122. The van der Waals surface area contributed by atoms with E-state index < -0.39 is 4.46 Å². The van der Waals surface area contributed by atoms with Gasteiger partial charge in [0.15, 0.2) is 0 Å². The molecule has 5 nitrogen and oxygen atoms in total. The van der Waals surface area contributed by atoms with Crippen LogP contribution in [-0.2, 0) is 0 Å². The van der Waals surface area contributed by atoms with Gasteiger partial charge in [0.2, 0.25) is 4.46 Å². The van der Waals surface area contributed by atoms with Crippen LogP contribution in [0, 0.1) is 0 Å². The fourth-order valence-electron chi connectivity index (χ4n) is 1.95. The van der Waals surface area contributed by atoms with E-state index in [2.05, 4.69) is 10.2 Å². The molecule has 1 aromatic heterocycles. The zero-order valence-corrected chi connectivity index (χ0v) is 11.0. The van der Waals surface area contributed by atoms with Gasteiger partial charge < -0.3 is 4.74 Å². The Bertz CT molecular complexity index is 541. The van der Waals surface area contributed by atoms with Crippen LogP contribution in [0.1, 0.15) is 11.6 Å². The highest BCUT2D eigenvalue weighted by atomic mass is 35.5. The molecule has 7 heteroatoms. The van der Waals surface area contributed by atoms with Gasteiger partial charge >= 0.3 is 0 Å². The van der Waals surface area contributed by atoms with Crippen LogP contribution in [0.3, 0.4) is 0 Å². The summed E-state index contributed by atoms with van der Waals surface area (Å²) >= 11 is 12.5. The maximum Gasteiger partial charge on any atom is 0.230 e. The van der Waals surface area contributed by atoms with Gasteiger partial charge in [-0.05, 0) is 17.7 Å². The Morgan fingerprint density at radius 3 is 2.33 bits per heavy atom. The van der Waals surface area contributed by atoms with E-state index in [1.165, 1.54) is 0 Å². The highest BCUT2D eigenvalue weighted by Crippen LogP contribution is 2.57. The van der Waals surface area contributed by atoms with Gasteiger partial charge in [-0.15, -0.1) is 10.2 Å². The molecule has 2 aromatic rings. The van der Waals surface area contributed by atoms with Gasteiger partial charge in [0.25, 0.3) is 0 Å². The summed E-state index contributed by atoms with van der Waals surface area (Å²) in [4.78, 5) is 0. The molecule has 0 spiro atoms. The number of hydrogen-bond donors (Lipinski definition) is 0. The molecule has 1 fully saturated rings. The number of methoxy groups -OCH3 is 1. The van der Waals surface area contributed by atoms with Crippen LogP contribution in [-0.4, -0.2) is 26.4 Å². The number of aromatic nitrogens is 3. The molecule has 1 aliphatic heterocycles. The van der Waals surface area contributed by atoms with Crippen molar-refractivity contribution in [1.29, 1.82) is 0 Å². The van der Waals surface area contributed by atoms with Crippen molar-refractivity contribution in [3.8, 4) is 5.75 Å². The van der Waals surface area contributed by atoms with Crippen LogP contribution in [0.4, 0.5) is 0 Å². The van der Waals surface area contributed by atoms with Gasteiger partial charge in [-0.3, -0.25) is 5.01 Å². The first-order valence-corrected chi connectivity index (χ1v) is 6.06. The van der Waals surface area contributed by atoms with E-state index in [1.807, 2.05) is 24.3 Å². The Kier molecular flexibility index (Phi) is 2.60. The van der Waals surface area contributed by atoms with Crippen LogP contribution >= 0.6 is 23.2 Å². The topological polar surface area (TPSA) is 43.0 Å². The standard InChI is InChI=1S/C11H10Cl2N4O/c1-18-9-4-2-8(3-5-9)10-11(12,13)17(10)16-6-14-15-7-16/h2-7,10H,1H3/t10-,17?/m0/s1. The number of hydrogen-bond acceptors (Lipinski definition) is 4. The molecular formula is C11H10Cl2N4O. The predicted molar refractivity (Wildman–Crippen MR) is 68.4 cm³/mol. The average Bonchev–Trinajstić information content (AvgIpc) is 2.78. The van der Waals surface area contributed by atoms with Gasteiger partial charge in [-0.2, -0.15) is 0 Å². The van der Waals surface area contributed by atoms with E-state index in [9.17, 15) is 0 Å². The Hall–Kier alpha value is -1.46. The van der Waals surface area contributed by atoms with Crippen molar-refractivity contribution < 1.29 is 4.74 Å². The molecule has 1 aromatic carbocycles. The van der Waals surface area contributed by atoms with Crippen LogP contribution in [0.25, 0.3) is 0 Å². The summed E-state index contributed by atoms with van der Waals surface area (Å²) in [6, 6.07) is 7.51. The first kappa shape index (κ1) is 11.6. The van der Waals surface area contributed by atoms with E-state index in [-0.39, 0.29) is 6.04 Å². The van der Waals surface area contributed by atoms with Crippen molar-refractivity contribution in [3.05, 3.63) is 42.5 Å². The van der Waals surface area contributed by atoms with Crippen LogP contribution in [0.5, 0.6) is 5.75 Å². The Morgan fingerprint density at radius 1 is 1.17 bits per heavy atom. The molecule has 0 radical (unpaired) electrons. The van der Waals surface area contributed by atoms with Gasteiger partial charge in [0.05, 0.1) is 7.11 Å². The van der Waals surface area contributed by atoms with E-state index >= 15 is 0 Å². The van der Waals surface area contributed by atoms with Crippen LogP contribution < -0.4 is 9.75 Å². The zero-order valence-electron chi connectivity index (χ0n) is 9.49. The van der Waals surface area contributed by atoms with E-state index in [0.29, 0.717) is 0 Å². The number of ether oxygens (including phenoxy) is 1. The Balaban J connectivity index is 1.88.